The lowest BCUT2D eigenvalue weighted by Crippen LogP contribution is -2.17. The molecule has 2 N–H and O–H groups in total. The molecule has 7 nitrogen and oxygen atoms in total. The van der Waals surface area contributed by atoms with Gasteiger partial charge in [0.2, 0.25) is 0 Å². The van der Waals surface area contributed by atoms with E-state index < -0.39 is 11.9 Å². The van der Waals surface area contributed by atoms with Gasteiger partial charge < -0.3 is 14.6 Å². The Hall–Kier alpha value is -3.65. The Kier molecular flexibility index (Phi) is 6.82. The summed E-state index contributed by atoms with van der Waals surface area (Å²) < 4.78 is 11.3. The minimum absolute atomic E-state index is 0.0926. The molecule has 0 bridgehead atoms. The summed E-state index contributed by atoms with van der Waals surface area (Å²) >= 11 is 3.35. The molecule has 0 aliphatic carbocycles. The molecule has 30 heavy (non-hydrogen) atoms. The SMILES string of the molecule is COc1ccc(C(=O)Oc2ccc(Br)cc2C=NNC(=O)c2ccccc2O)cc1. The van der Waals surface area contributed by atoms with E-state index in [-0.39, 0.29) is 17.1 Å². The number of nitrogens with zero attached hydrogens (tertiary/aromatic N) is 1. The van der Waals surface area contributed by atoms with Crippen LogP contribution in [0, 0.1) is 0 Å². The summed E-state index contributed by atoms with van der Waals surface area (Å²) in [6.07, 6.45) is 1.35. The zero-order valence-corrected chi connectivity index (χ0v) is 17.4. The zero-order valence-electron chi connectivity index (χ0n) is 15.8. The fraction of sp³-hybridized carbons (Fsp3) is 0.0455. The Morgan fingerprint density at radius 1 is 1.07 bits per heavy atom. The van der Waals surface area contributed by atoms with Crippen molar-refractivity contribution in [1.29, 1.82) is 0 Å². The first-order valence-electron chi connectivity index (χ1n) is 8.75. The van der Waals surface area contributed by atoms with Gasteiger partial charge in [0.25, 0.3) is 5.91 Å². The van der Waals surface area contributed by atoms with Crippen LogP contribution in [0.1, 0.15) is 26.3 Å². The lowest BCUT2D eigenvalue weighted by Gasteiger charge is -2.09. The summed E-state index contributed by atoms with van der Waals surface area (Å²) in [4.78, 5) is 24.6. The molecule has 0 aromatic heterocycles. The minimum atomic E-state index is -0.573. The quantitative estimate of drug-likeness (QED) is 0.245. The number of carbonyl (C=O) groups is 2. The van der Waals surface area contributed by atoms with Crippen LogP contribution >= 0.6 is 15.9 Å². The molecular weight excluding hydrogens is 452 g/mol. The van der Waals surface area contributed by atoms with Crippen molar-refractivity contribution in [3.8, 4) is 17.2 Å². The Balaban J connectivity index is 1.74. The van der Waals surface area contributed by atoms with Crippen molar-refractivity contribution in [2.75, 3.05) is 7.11 Å². The summed E-state index contributed by atoms with van der Waals surface area (Å²) in [5.41, 5.74) is 3.24. The normalized spacial score (nSPS) is 10.6. The number of halogens is 1. The van der Waals surface area contributed by atoms with E-state index in [2.05, 4.69) is 26.5 Å². The van der Waals surface area contributed by atoms with E-state index in [4.69, 9.17) is 9.47 Å². The van der Waals surface area contributed by atoms with Gasteiger partial charge in [-0.3, -0.25) is 4.79 Å². The highest BCUT2D eigenvalue weighted by Gasteiger charge is 2.13. The van der Waals surface area contributed by atoms with Crippen LogP contribution in [0.4, 0.5) is 0 Å². The number of ether oxygens (including phenoxy) is 2. The number of aromatic hydroxyl groups is 1. The van der Waals surface area contributed by atoms with E-state index in [9.17, 15) is 14.7 Å². The third-order valence-corrected chi connectivity index (χ3v) is 4.51. The lowest BCUT2D eigenvalue weighted by molar-refractivity contribution is 0.0734. The predicted molar refractivity (Wildman–Crippen MR) is 115 cm³/mol. The van der Waals surface area contributed by atoms with Crippen LogP contribution in [0.15, 0.2) is 76.3 Å². The maximum atomic E-state index is 12.4. The molecule has 3 rings (SSSR count). The van der Waals surface area contributed by atoms with Gasteiger partial charge in [-0.1, -0.05) is 28.1 Å². The first kappa shape index (κ1) is 21.1. The standard InChI is InChI=1S/C22H17BrN2O5/c1-29-17-9-6-14(7-10-17)22(28)30-20-11-8-16(23)12-15(20)13-24-25-21(27)18-4-2-3-5-19(18)26/h2-13,26H,1H3,(H,25,27). The number of para-hydroxylation sites is 1. The fourth-order valence-electron chi connectivity index (χ4n) is 2.49. The highest BCUT2D eigenvalue weighted by atomic mass is 79.9. The van der Waals surface area contributed by atoms with E-state index in [0.29, 0.717) is 16.9 Å². The molecule has 0 heterocycles. The number of hydrogen-bond acceptors (Lipinski definition) is 6. The van der Waals surface area contributed by atoms with Gasteiger partial charge in [0.15, 0.2) is 0 Å². The van der Waals surface area contributed by atoms with Gasteiger partial charge >= 0.3 is 5.97 Å². The number of methoxy groups -OCH3 is 1. The second-order valence-electron chi connectivity index (χ2n) is 6.02. The van der Waals surface area contributed by atoms with E-state index in [1.807, 2.05) is 0 Å². The molecular formula is C22H17BrN2O5. The van der Waals surface area contributed by atoms with Crippen molar-refractivity contribution < 1.29 is 24.2 Å². The molecule has 0 fully saturated rings. The molecule has 0 radical (unpaired) electrons. The van der Waals surface area contributed by atoms with Crippen LogP contribution in [0.2, 0.25) is 0 Å². The van der Waals surface area contributed by atoms with Gasteiger partial charge in [-0.15, -0.1) is 0 Å². The van der Waals surface area contributed by atoms with Crippen molar-refractivity contribution >= 4 is 34.0 Å². The predicted octanol–water partition coefficient (Wildman–Crippen LogP) is 4.15. The van der Waals surface area contributed by atoms with Gasteiger partial charge in [-0.2, -0.15) is 5.10 Å². The van der Waals surface area contributed by atoms with Crippen LogP contribution < -0.4 is 14.9 Å². The zero-order chi connectivity index (χ0) is 21.5. The number of phenolic OH excluding ortho intramolecular Hbond substituents is 1. The van der Waals surface area contributed by atoms with Gasteiger partial charge in [0.05, 0.1) is 24.5 Å². The van der Waals surface area contributed by atoms with E-state index >= 15 is 0 Å². The molecule has 0 atom stereocenters. The van der Waals surface area contributed by atoms with Gasteiger partial charge in [-0.25, -0.2) is 10.2 Å². The van der Waals surface area contributed by atoms with Crippen LogP contribution in [-0.4, -0.2) is 30.3 Å². The Morgan fingerprint density at radius 3 is 2.50 bits per heavy atom. The van der Waals surface area contributed by atoms with E-state index in [1.54, 1.807) is 61.7 Å². The Bertz CT molecular complexity index is 1100. The van der Waals surface area contributed by atoms with E-state index in [1.165, 1.54) is 18.3 Å². The molecule has 3 aromatic rings. The number of hydrazone groups is 1. The number of esters is 1. The Labute approximate surface area is 181 Å². The number of nitrogens with one attached hydrogen (secondary N) is 1. The summed E-state index contributed by atoms with van der Waals surface area (Å²) in [5.74, 6) is -0.381. The summed E-state index contributed by atoms with van der Waals surface area (Å²) in [5, 5.41) is 13.6. The first-order valence-corrected chi connectivity index (χ1v) is 9.54. The maximum Gasteiger partial charge on any atom is 0.343 e. The average molecular weight is 469 g/mol. The fourth-order valence-corrected chi connectivity index (χ4v) is 2.86. The van der Waals surface area contributed by atoms with Crippen molar-refractivity contribution in [3.05, 3.63) is 87.9 Å². The molecule has 0 aliphatic rings. The summed E-state index contributed by atoms with van der Waals surface area (Å²) in [7, 11) is 1.54. The smallest absolute Gasteiger partial charge is 0.343 e. The highest BCUT2D eigenvalue weighted by Crippen LogP contribution is 2.23. The highest BCUT2D eigenvalue weighted by molar-refractivity contribution is 9.10. The molecule has 1 amide bonds. The second-order valence-corrected chi connectivity index (χ2v) is 6.93. The summed E-state index contributed by atoms with van der Waals surface area (Å²) in [6.45, 7) is 0. The van der Waals surface area contributed by atoms with E-state index in [0.717, 1.165) is 4.47 Å². The summed E-state index contributed by atoms with van der Waals surface area (Å²) in [6, 6.07) is 17.7. The van der Waals surface area contributed by atoms with Crippen LogP contribution in [-0.2, 0) is 0 Å². The molecule has 3 aromatic carbocycles. The molecule has 8 heteroatoms. The number of carbonyl (C=O) groups excluding carboxylic acids is 2. The Morgan fingerprint density at radius 2 is 1.80 bits per heavy atom. The molecule has 0 aliphatic heterocycles. The van der Waals surface area contributed by atoms with Crippen LogP contribution in [0.5, 0.6) is 17.2 Å². The molecule has 0 spiro atoms. The number of amides is 1. The number of phenols is 1. The van der Waals surface area contributed by atoms with Crippen LogP contribution in [0.3, 0.4) is 0 Å². The molecule has 0 saturated carbocycles. The number of rotatable bonds is 6. The van der Waals surface area contributed by atoms with Gasteiger partial charge in [-0.05, 0) is 54.6 Å². The third-order valence-electron chi connectivity index (χ3n) is 4.02. The molecule has 0 unspecified atom stereocenters. The second kappa shape index (κ2) is 9.71. The van der Waals surface area contributed by atoms with Gasteiger partial charge in [0, 0.05) is 10.0 Å². The minimum Gasteiger partial charge on any atom is -0.507 e. The van der Waals surface area contributed by atoms with Crippen molar-refractivity contribution in [1.82, 2.24) is 5.43 Å². The molecule has 0 saturated heterocycles. The lowest BCUT2D eigenvalue weighted by atomic mass is 10.2. The molecule has 152 valence electrons. The first-order chi connectivity index (χ1) is 14.5. The monoisotopic (exact) mass is 468 g/mol. The van der Waals surface area contributed by atoms with Crippen LogP contribution in [0.25, 0.3) is 0 Å². The van der Waals surface area contributed by atoms with Crippen molar-refractivity contribution in [3.63, 3.8) is 0 Å². The van der Waals surface area contributed by atoms with Crippen molar-refractivity contribution in [2.45, 2.75) is 0 Å². The largest absolute Gasteiger partial charge is 0.507 e. The topological polar surface area (TPSA) is 97.2 Å². The number of hydrogen-bond donors (Lipinski definition) is 2. The number of benzene rings is 3. The third kappa shape index (κ3) is 5.24. The maximum absolute atomic E-state index is 12.4. The average Bonchev–Trinajstić information content (AvgIpc) is 2.75. The van der Waals surface area contributed by atoms with Gasteiger partial charge in [0.1, 0.15) is 17.2 Å². The van der Waals surface area contributed by atoms with Crippen molar-refractivity contribution in [2.24, 2.45) is 5.10 Å².